The molecule has 0 aliphatic rings. The molecule has 0 fully saturated rings. The molecule has 110 valence electrons. The van der Waals surface area contributed by atoms with E-state index in [9.17, 15) is 0 Å². The number of benzene rings is 2. The maximum atomic E-state index is 5.92. The van der Waals surface area contributed by atoms with Gasteiger partial charge in [0.1, 0.15) is 0 Å². The third kappa shape index (κ3) is 3.17. The van der Waals surface area contributed by atoms with E-state index < -0.39 is 8.32 Å². The Labute approximate surface area is 129 Å². The zero-order valence-corrected chi connectivity index (χ0v) is 14.2. The summed E-state index contributed by atoms with van der Waals surface area (Å²) in [5.74, 6) is 0. The SMILES string of the molecule is C=C(c1ccccc1)c1ccc([Si](CC)(CC)OC)cc1. The van der Waals surface area contributed by atoms with E-state index in [0.29, 0.717) is 0 Å². The van der Waals surface area contributed by atoms with Gasteiger partial charge in [0.2, 0.25) is 8.32 Å². The van der Waals surface area contributed by atoms with E-state index in [4.69, 9.17) is 4.43 Å². The molecule has 0 aliphatic carbocycles. The van der Waals surface area contributed by atoms with E-state index in [1.54, 1.807) is 0 Å². The Morgan fingerprint density at radius 1 is 0.905 bits per heavy atom. The lowest BCUT2D eigenvalue weighted by Gasteiger charge is -2.27. The van der Waals surface area contributed by atoms with Crippen LogP contribution in [0.4, 0.5) is 0 Å². The summed E-state index contributed by atoms with van der Waals surface area (Å²) < 4.78 is 5.92. The summed E-state index contributed by atoms with van der Waals surface area (Å²) in [5, 5.41) is 1.37. The lowest BCUT2D eigenvalue weighted by Crippen LogP contribution is -2.48. The Kier molecular flexibility index (Phi) is 5.15. The molecule has 2 rings (SSSR count). The van der Waals surface area contributed by atoms with Crippen LogP contribution >= 0.6 is 0 Å². The van der Waals surface area contributed by atoms with Crippen LogP contribution in [0, 0.1) is 0 Å². The molecule has 2 aromatic carbocycles. The van der Waals surface area contributed by atoms with Crippen molar-refractivity contribution in [2.75, 3.05) is 7.11 Å². The first-order valence-corrected chi connectivity index (χ1v) is 9.89. The van der Waals surface area contributed by atoms with E-state index in [1.165, 1.54) is 16.3 Å². The second-order valence-corrected chi connectivity index (χ2v) is 9.72. The Balaban J connectivity index is 2.29. The predicted octanol–water partition coefficient (Wildman–Crippen LogP) is 4.59. The van der Waals surface area contributed by atoms with Gasteiger partial charge in [0, 0.05) is 7.11 Å². The van der Waals surface area contributed by atoms with Gasteiger partial charge in [-0.3, -0.25) is 0 Å². The van der Waals surface area contributed by atoms with Crippen LogP contribution in [0.3, 0.4) is 0 Å². The molecule has 21 heavy (non-hydrogen) atoms. The van der Waals surface area contributed by atoms with Gasteiger partial charge in [-0.25, -0.2) is 0 Å². The zero-order chi connectivity index (χ0) is 15.3. The molecule has 0 N–H and O–H groups in total. The molecule has 1 nitrogen and oxygen atoms in total. The highest BCUT2D eigenvalue weighted by Crippen LogP contribution is 2.22. The van der Waals surface area contributed by atoms with Gasteiger partial charge < -0.3 is 4.43 Å². The molecule has 0 radical (unpaired) electrons. The largest absolute Gasteiger partial charge is 0.416 e. The quantitative estimate of drug-likeness (QED) is 0.709. The van der Waals surface area contributed by atoms with Crippen molar-refractivity contribution in [1.29, 1.82) is 0 Å². The Morgan fingerprint density at radius 2 is 1.43 bits per heavy atom. The minimum Gasteiger partial charge on any atom is -0.416 e. The molecule has 0 bridgehead atoms. The highest BCUT2D eigenvalue weighted by Gasteiger charge is 2.31. The molecule has 0 saturated heterocycles. The van der Waals surface area contributed by atoms with E-state index in [1.807, 2.05) is 25.3 Å². The van der Waals surface area contributed by atoms with Crippen LogP contribution in [0.5, 0.6) is 0 Å². The van der Waals surface area contributed by atoms with Crippen molar-refractivity contribution < 1.29 is 4.43 Å². The fraction of sp³-hybridized carbons (Fsp3) is 0.263. The Hall–Kier alpha value is -1.64. The molecular weight excluding hydrogens is 272 g/mol. The second kappa shape index (κ2) is 6.88. The van der Waals surface area contributed by atoms with Gasteiger partial charge >= 0.3 is 0 Å². The highest BCUT2D eigenvalue weighted by molar-refractivity contribution is 6.86. The van der Waals surface area contributed by atoms with Crippen LogP contribution in [-0.2, 0) is 4.43 Å². The standard InChI is InChI=1S/C19H24OSi/c1-5-21(6-2,20-4)19-14-12-18(13-15-19)16(3)17-10-8-7-9-11-17/h7-15H,3,5-6H2,1-2,4H3. The van der Waals surface area contributed by atoms with Gasteiger partial charge in [-0.1, -0.05) is 75.0 Å². The van der Waals surface area contributed by atoms with Gasteiger partial charge in [-0.2, -0.15) is 0 Å². The summed E-state index contributed by atoms with van der Waals surface area (Å²) in [6, 6.07) is 21.4. The monoisotopic (exact) mass is 296 g/mol. The minimum absolute atomic E-state index is 1.07. The van der Waals surface area contributed by atoms with E-state index in [0.717, 1.165) is 17.7 Å². The van der Waals surface area contributed by atoms with Crippen molar-refractivity contribution >= 4 is 19.1 Å². The molecular formula is C19H24OSi. The highest BCUT2D eigenvalue weighted by atomic mass is 28.4. The van der Waals surface area contributed by atoms with Crippen LogP contribution in [0.25, 0.3) is 5.57 Å². The van der Waals surface area contributed by atoms with Crippen LogP contribution in [-0.4, -0.2) is 15.4 Å². The molecule has 0 aromatic heterocycles. The average molecular weight is 296 g/mol. The maximum absolute atomic E-state index is 5.92. The summed E-state index contributed by atoms with van der Waals surface area (Å²) in [5.41, 5.74) is 3.42. The average Bonchev–Trinajstić information content (AvgIpc) is 2.58. The van der Waals surface area contributed by atoms with E-state index >= 15 is 0 Å². The minimum atomic E-state index is -1.76. The molecule has 0 unspecified atom stereocenters. The predicted molar refractivity (Wildman–Crippen MR) is 94.4 cm³/mol. The Bertz CT molecular complexity index is 574. The van der Waals surface area contributed by atoms with Crippen LogP contribution < -0.4 is 5.19 Å². The first kappa shape index (κ1) is 15.7. The van der Waals surface area contributed by atoms with Gasteiger partial charge in [-0.15, -0.1) is 0 Å². The summed E-state index contributed by atoms with van der Waals surface area (Å²) in [4.78, 5) is 0. The lowest BCUT2D eigenvalue weighted by molar-refractivity contribution is 0.405. The molecule has 2 heteroatoms. The zero-order valence-electron chi connectivity index (χ0n) is 13.2. The van der Waals surface area contributed by atoms with Crippen molar-refractivity contribution in [3.05, 3.63) is 72.3 Å². The molecule has 0 heterocycles. The Morgan fingerprint density at radius 3 is 1.90 bits per heavy atom. The van der Waals surface area contributed by atoms with Crippen molar-refractivity contribution in [3.8, 4) is 0 Å². The van der Waals surface area contributed by atoms with Gasteiger partial charge in [0.25, 0.3) is 0 Å². The van der Waals surface area contributed by atoms with Gasteiger partial charge in [-0.05, 0) is 34.0 Å². The smallest absolute Gasteiger partial charge is 0.223 e. The number of hydrogen-bond acceptors (Lipinski definition) is 1. The first-order valence-electron chi connectivity index (χ1n) is 7.57. The summed E-state index contributed by atoms with van der Waals surface area (Å²) >= 11 is 0. The summed E-state index contributed by atoms with van der Waals surface area (Å²) in [6.45, 7) is 8.69. The maximum Gasteiger partial charge on any atom is 0.223 e. The van der Waals surface area contributed by atoms with Crippen molar-refractivity contribution in [2.24, 2.45) is 0 Å². The molecule has 0 aliphatic heterocycles. The molecule has 0 amide bonds. The summed E-state index contributed by atoms with van der Waals surface area (Å²) in [7, 11) is 0.0970. The third-order valence-electron chi connectivity index (χ3n) is 4.41. The number of hydrogen-bond donors (Lipinski definition) is 0. The van der Waals surface area contributed by atoms with Crippen molar-refractivity contribution in [2.45, 2.75) is 25.9 Å². The van der Waals surface area contributed by atoms with Crippen molar-refractivity contribution in [3.63, 3.8) is 0 Å². The second-order valence-electron chi connectivity index (χ2n) is 5.33. The molecule has 0 spiro atoms. The normalized spacial score (nSPS) is 11.4. The fourth-order valence-corrected chi connectivity index (χ4v) is 5.75. The van der Waals surface area contributed by atoms with Crippen molar-refractivity contribution in [1.82, 2.24) is 0 Å². The number of rotatable bonds is 6. The first-order chi connectivity index (χ1) is 10.2. The lowest BCUT2D eigenvalue weighted by atomic mass is 10.00. The molecule has 2 aromatic rings. The van der Waals surface area contributed by atoms with Crippen LogP contribution in [0.15, 0.2) is 61.2 Å². The molecule has 0 atom stereocenters. The van der Waals surface area contributed by atoms with E-state index in [-0.39, 0.29) is 0 Å². The fourth-order valence-electron chi connectivity index (χ4n) is 2.85. The topological polar surface area (TPSA) is 9.23 Å². The van der Waals surface area contributed by atoms with Crippen LogP contribution in [0.2, 0.25) is 12.1 Å². The van der Waals surface area contributed by atoms with Gasteiger partial charge in [0.15, 0.2) is 0 Å². The third-order valence-corrected chi connectivity index (χ3v) is 8.87. The van der Waals surface area contributed by atoms with Crippen LogP contribution in [0.1, 0.15) is 25.0 Å². The van der Waals surface area contributed by atoms with E-state index in [2.05, 4.69) is 56.8 Å². The van der Waals surface area contributed by atoms with Gasteiger partial charge in [0.05, 0.1) is 0 Å². The molecule has 0 saturated carbocycles. The summed E-state index contributed by atoms with van der Waals surface area (Å²) in [6.07, 6.45) is 0.